The van der Waals surface area contributed by atoms with Gasteiger partial charge in [-0.15, -0.1) is 0 Å². The Balaban J connectivity index is 1.68. The molecule has 1 aliphatic rings. The number of alkyl carbamates (subject to hydrolysis) is 1. The third-order valence-corrected chi connectivity index (χ3v) is 6.24. The Kier molecular flexibility index (Phi) is 7.14. The Hall–Kier alpha value is -2.54. The number of rotatable bonds is 7. The summed E-state index contributed by atoms with van der Waals surface area (Å²) in [6.45, 7) is 2.96. The molecule has 0 radical (unpaired) electrons. The first kappa shape index (κ1) is 21.2. The molecule has 1 fully saturated rings. The summed E-state index contributed by atoms with van der Waals surface area (Å²) < 4.78 is 10.8. The molecule has 0 spiro atoms. The van der Waals surface area contributed by atoms with Gasteiger partial charge in [0.1, 0.15) is 11.9 Å². The minimum atomic E-state index is -0.356. The molecule has 156 valence electrons. The van der Waals surface area contributed by atoms with E-state index >= 15 is 0 Å². The largest absolute Gasteiger partial charge is 0.496 e. The predicted octanol–water partition coefficient (Wildman–Crippen LogP) is 4.11. The van der Waals surface area contributed by atoms with E-state index in [0.29, 0.717) is 24.4 Å². The SMILES string of the molecule is CCNC(=O)O[C@H]1CC[C@@](CNC(=O)c2ccccc2OC)(c2ccsc2)CC1. The van der Waals surface area contributed by atoms with Crippen LogP contribution in [0.5, 0.6) is 5.75 Å². The van der Waals surface area contributed by atoms with E-state index in [1.54, 1.807) is 30.6 Å². The average molecular weight is 417 g/mol. The summed E-state index contributed by atoms with van der Waals surface area (Å²) in [5, 5.41) is 10.0. The van der Waals surface area contributed by atoms with Crippen molar-refractivity contribution in [2.45, 2.75) is 44.1 Å². The van der Waals surface area contributed by atoms with Crippen LogP contribution < -0.4 is 15.4 Å². The van der Waals surface area contributed by atoms with Crippen LogP contribution in [0.1, 0.15) is 48.5 Å². The quantitative estimate of drug-likeness (QED) is 0.712. The number of amides is 2. The van der Waals surface area contributed by atoms with E-state index in [4.69, 9.17) is 9.47 Å². The molecule has 0 unspecified atom stereocenters. The zero-order valence-corrected chi connectivity index (χ0v) is 17.7. The highest BCUT2D eigenvalue weighted by atomic mass is 32.1. The molecule has 2 amide bonds. The second-order valence-electron chi connectivity index (χ2n) is 7.31. The van der Waals surface area contributed by atoms with Crippen molar-refractivity contribution < 1.29 is 19.1 Å². The van der Waals surface area contributed by atoms with Crippen molar-refractivity contribution in [3.63, 3.8) is 0 Å². The molecule has 0 bridgehead atoms. The van der Waals surface area contributed by atoms with E-state index in [0.717, 1.165) is 25.7 Å². The summed E-state index contributed by atoms with van der Waals surface area (Å²) in [5.74, 6) is 0.423. The highest BCUT2D eigenvalue weighted by Gasteiger charge is 2.38. The van der Waals surface area contributed by atoms with Crippen molar-refractivity contribution in [1.29, 1.82) is 0 Å². The van der Waals surface area contributed by atoms with E-state index < -0.39 is 0 Å². The van der Waals surface area contributed by atoms with Crippen LogP contribution in [-0.4, -0.2) is 38.3 Å². The van der Waals surface area contributed by atoms with Gasteiger partial charge in [-0.05, 0) is 67.1 Å². The lowest BCUT2D eigenvalue weighted by atomic mass is 9.69. The molecule has 0 saturated heterocycles. The lowest BCUT2D eigenvalue weighted by molar-refractivity contribution is 0.0568. The molecule has 3 rings (SSSR count). The Morgan fingerprint density at radius 2 is 1.93 bits per heavy atom. The lowest BCUT2D eigenvalue weighted by Crippen LogP contribution is -2.45. The van der Waals surface area contributed by atoms with Crippen LogP contribution in [0.4, 0.5) is 4.79 Å². The molecule has 1 saturated carbocycles. The highest BCUT2D eigenvalue weighted by molar-refractivity contribution is 7.08. The monoisotopic (exact) mass is 416 g/mol. The van der Waals surface area contributed by atoms with Crippen molar-refractivity contribution in [2.75, 3.05) is 20.2 Å². The maximum Gasteiger partial charge on any atom is 0.407 e. The fraction of sp³-hybridized carbons (Fsp3) is 0.455. The molecular weight excluding hydrogens is 388 g/mol. The third kappa shape index (κ3) is 5.09. The van der Waals surface area contributed by atoms with Crippen LogP contribution in [-0.2, 0) is 10.2 Å². The van der Waals surface area contributed by atoms with Gasteiger partial charge in [0.15, 0.2) is 0 Å². The van der Waals surface area contributed by atoms with Gasteiger partial charge < -0.3 is 20.1 Å². The van der Waals surface area contributed by atoms with Crippen LogP contribution >= 0.6 is 11.3 Å². The molecule has 1 aromatic heterocycles. The molecule has 29 heavy (non-hydrogen) atoms. The first-order chi connectivity index (χ1) is 14.1. The van der Waals surface area contributed by atoms with Gasteiger partial charge in [0.25, 0.3) is 5.91 Å². The second-order valence-corrected chi connectivity index (χ2v) is 8.09. The molecule has 1 aliphatic carbocycles. The van der Waals surface area contributed by atoms with Crippen molar-refractivity contribution in [2.24, 2.45) is 0 Å². The molecular formula is C22H28N2O4S. The summed E-state index contributed by atoms with van der Waals surface area (Å²) in [5.41, 5.74) is 1.61. The predicted molar refractivity (Wildman–Crippen MR) is 114 cm³/mol. The number of nitrogens with one attached hydrogen (secondary N) is 2. The van der Waals surface area contributed by atoms with Gasteiger partial charge in [-0.3, -0.25) is 4.79 Å². The molecule has 0 atom stereocenters. The van der Waals surface area contributed by atoms with Crippen LogP contribution in [0.15, 0.2) is 41.1 Å². The summed E-state index contributed by atoms with van der Waals surface area (Å²) in [4.78, 5) is 24.5. The maximum atomic E-state index is 12.8. The van der Waals surface area contributed by atoms with Crippen molar-refractivity contribution in [3.05, 3.63) is 52.2 Å². The molecule has 2 aromatic rings. The van der Waals surface area contributed by atoms with Crippen molar-refractivity contribution in [3.8, 4) is 5.75 Å². The summed E-state index contributed by atoms with van der Waals surface area (Å²) >= 11 is 1.66. The topological polar surface area (TPSA) is 76.7 Å². The smallest absolute Gasteiger partial charge is 0.407 e. The van der Waals surface area contributed by atoms with E-state index in [9.17, 15) is 9.59 Å². The van der Waals surface area contributed by atoms with Crippen molar-refractivity contribution >= 4 is 23.3 Å². The summed E-state index contributed by atoms with van der Waals surface area (Å²) in [6, 6.07) is 9.36. The minimum Gasteiger partial charge on any atom is -0.496 e. The fourth-order valence-electron chi connectivity index (χ4n) is 3.91. The molecule has 2 N–H and O–H groups in total. The number of carbonyl (C=O) groups excluding carboxylic acids is 2. The van der Waals surface area contributed by atoms with E-state index in [-0.39, 0.29) is 23.5 Å². The third-order valence-electron chi connectivity index (χ3n) is 5.56. The number of carbonyl (C=O) groups is 2. The fourth-order valence-corrected chi connectivity index (χ4v) is 4.69. The molecule has 0 aliphatic heterocycles. The number of para-hydroxylation sites is 1. The van der Waals surface area contributed by atoms with E-state index in [1.807, 2.05) is 19.1 Å². The van der Waals surface area contributed by atoms with Crippen LogP contribution in [0.3, 0.4) is 0 Å². The summed E-state index contributed by atoms with van der Waals surface area (Å²) in [7, 11) is 1.56. The van der Waals surface area contributed by atoms with Crippen LogP contribution in [0.25, 0.3) is 0 Å². The molecule has 1 heterocycles. The summed E-state index contributed by atoms with van der Waals surface area (Å²) in [6.07, 6.45) is 2.80. The Morgan fingerprint density at radius 3 is 2.59 bits per heavy atom. The highest BCUT2D eigenvalue weighted by Crippen LogP contribution is 2.41. The zero-order valence-electron chi connectivity index (χ0n) is 16.9. The van der Waals surface area contributed by atoms with Crippen molar-refractivity contribution in [1.82, 2.24) is 10.6 Å². The first-order valence-electron chi connectivity index (χ1n) is 9.96. The Bertz CT molecular complexity index is 814. The normalized spacial score (nSPS) is 21.2. The number of hydrogen-bond acceptors (Lipinski definition) is 5. The van der Waals surface area contributed by atoms with E-state index in [2.05, 4.69) is 27.5 Å². The van der Waals surface area contributed by atoms with Gasteiger partial charge in [-0.2, -0.15) is 11.3 Å². The number of methoxy groups -OCH3 is 1. The Morgan fingerprint density at radius 1 is 1.17 bits per heavy atom. The maximum absolute atomic E-state index is 12.8. The van der Waals surface area contributed by atoms with Gasteiger partial charge in [-0.25, -0.2) is 4.79 Å². The average Bonchev–Trinajstić information content (AvgIpc) is 3.29. The number of thiophene rings is 1. The van der Waals surface area contributed by atoms with Gasteiger partial charge in [0.05, 0.1) is 12.7 Å². The van der Waals surface area contributed by atoms with Gasteiger partial charge in [0, 0.05) is 18.5 Å². The molecule has 7 heteroatoms. The number of hydrogen-bond donors (Lipinski definition) is 2. The lowest BCUT2D eigenvalue weighted by Gasteiger charge is -2.40. The number of benzene rings is 1. The van der Waals surface area contributed by atoms with Gasteiger partial charge in [-0.1, -0.05) is 12.1 Å². The minimum absolute atomic E-state index is 0.0850. The van der Waals surface area contributed by atoms with Gasteiger partial charge in [0.2, 0.25) is 0 Å². The van der Waals surface area contributed by atoms with E-state index in [1.165, 1.54) is 5.56 Å². The zero-order chi connectivity index (χ0) is 20.7. The second kappa shape index (κ2) is 9.78. The molecule has 6 nitrogen and oxygen atoms in total. The van der Waals surface area contributed by atoms with Crippen LogP contribution in [0.2, 0.25) is 0 Å². The van der Waals surface area contributed by atoms with Gasteiger partial charge >= 0.3 is 6.09 Å². The first-order valence-corrected chi connectivity index (χ1v) is 10.9. The Labute approximate surface area is 175 Å². The number of ether oxygens (including phenoxy) is 2. The standard InChI is InChI=1S/C22H28N2O4S/c1-3-23-21(26)28-17-8-11-22(12-9-17,16-10-13-29-14-16)15-24-20(25)18-6-4-5-7-19(18)27-2/h4-7,10,13-14,17H,3,8-9,11-12,15H2,1-2H3,(H,23,26)(H,24,25)/t17-,22+. The molecule has 1 aromatic carbocycles. The van der Waals surface area contributed by atoms with Crippen LogP contribution in [0, 0.1) is 0 Å².